The van der Waals surface area contributed by atoms with Gasteiger partial charge in [-0.05, 0) is 91.6 Å². The van der Waals surface area contributed by atoms with Gasteiger partial charge in [-0.1, -0.05) is 66.7 Å². The first-order chi connectivity index (χ1) is 27.8. The number of aromatic amines is 1. The van der Waals surface area contributed by atoms with Gasteiger partial charge >= 0.3 is 6.09 Å². The first-order valence-electron chi connectivity index (χ1n) is 19.9. The van der Waals surface area contributed by atoms with E-state index in [4.69, 9.17) is 9.47 Å². The smallest absolute Gasteiger partial charge is 0.411 e. The molecule has 2 amide bonds. The van der Waals surface area contributed by atoms with Crippen LogP contribution in [0.25, 0.3) is 22.0 Å². The Balaban J connectivity index is 0.757. The predicted octanol–water partition coefficient (Wildman–Crippen LogP) is 6.44. The molecule has 12 heteroatoms. The maximum absolute atomic E-state index is 13.0. The number of benzene rings is 4. The van der Waals surface area contributed by atoms with Crippen LogP contribution in [0.5, 0.6) is 11.5 Å². The minimum atomic E-state index is -0.848. The van der Waals surface area contributed by atoms with Crippen LogP contribution in [0, 0.1) is 5.92 Å². The quantitative estimate of drug-likeness (QED) is 0.0857. The van der Waals surface area contributed by atoms with Crippen LogP contribution >= 0.6 is 0 Å². The van der Waals surface area contributed by atoms with E-state index in [-0.39, 0.29) is 36.5 Å². The number of carbonyl (C=O) groups is 2. The van der Waals surface area contributed by atoms with E-state index in [0.29, 0.717) is 34.7 Å². The SMILES string of the molecule is O=C(Nc1ccccc1-c1ccccc1)OC1CCN(CCC2CCN(C(=O)COc3ccc(CNCC(O)c4ccc(O)c5[nH]c(=O)ccc45)cc3)CC2)CC1. The monoisotopic (exact) mass is 773 g/mol. The number of aliphatic hydroxyl groups excluding tert-OH is 1. The first-order valence-corrected chi connectivity index (χ1v) is 19.9. The average molecular weight is 774 g/mol. The predicted molar refractivity (Wildman–Crippen MR) is 220 cm³/mol. The molecule has 5 N–H and O–H groups in total. The second-order valence-corrected chi connectivity index (χ2v) is 15.0. The molecule has 2 aliphatic rings. The van der Waals surface area contributed by atoms with Gasteiger partial charge in [-0.3, -0.25) is 14.9 Å². The average Bonchev–Trinajstić information content (AvgIpc) is 3.24. The Hall–Kier alpha value is -5.69. The van der Waals surface area contributed by atoms with E-state index in [1.54, 1.807) is 12.1 Å². The lowest BCUT2D eigenvalue weighted by molar-refractivity contribution is -0.134. The van der Waals surface area contributed by atoms with Crippen molar-refractivity contribution in [1.29, 1.82) is 0 Å². The van der Waals surface area contributed by atoms with E-state index < -0.39 is 12.2 Å². The zero-order valence-corrected chi connectivity index (χ0v) is 32.1. The van der Waals surface area contributed by atoms with Gasteiger partial charge in [0.15, 0.2) is 6.61 Å². The van der Waals surface area contributed by atoms with Gasteiger partial charge < -0.3 is 39.8 Å². The third kappa shape index (κ3) is 10.6. The van der Waals surface area contributed by atoms with E-state index in [1.165, 1.54) is 12.1 Å². The molecule has 57 heavy (non-hydrogen) atoms. The molecule has 2 fully saturated rings. The van der Waals surface area contributed by atoms with E-state index in [0.717, 1.165) is 87.2 Å². The Morgan fingerprint density at radius 3 is 2.35 bits per heavy atom. The number of anilines is 1. The second-order valence-electron chi connectivity index (χ2n) is 15.0. The van der Waals surface area contributed by atoms with Crippen molar-refractivity contribution in [3.63, 3.8) is 0 Å². The van der Waals surface area contributed by atoms with Gasteiger partial charge in [0.25, 0.3) is 5.91 Å². The summed E-state index contributed by atoms with van der Waals surface area (Å²) < 4.78 is 11.7. The standard InChI is InChI=1S/C45H51N5O7/c51-40-16-14-37(38-15-17-42(53)48-44(38)40)41(52)29-46-28-32-10-12-34(13-11-32)56-30-43(54)50-26-19-31(20-27-50)18-23-49-24-21-35(22-25-49)57-45(55)47-39-9-5-4-8-36(39)33-6-2-1-3-7-33/h1-17,31,35,41,46,51-52H,18-30H2,(H,47,55)(H,48,53). The molecule has 1 unspecified atom stereocenters. The number of hydrogen-bond acceptors (Lipinski definition) is 9. The first kappa shape index (κ1) is 39.5. The van der Waals surface area contributed by atoms with E-state index >= 15 is 0 Å². The number of amides is 2. The van der Waals surface area contributed by atoms with Crippen molar-refractivity contribution in [2.75, 3.05) is 51.2 Å². The number of carbonyl (C=O) groups excluding carboxylic acids is 2. The van der Waals surface area contributed by atoms with Crippen molar-refractivity contribution < 1.29 is 29.3 Å². The number of aliphatic hydroxyl groups is 1. The maximum atomic E-state index is 13.0. The number of nitrogens with zero attached hydrogens (tertiary/aromatic N) is 2. The fraction of sp³-hybridized carbons (Fsp3) is 0.356. The topological polar surface area (TPSA) is 156 Å². The Kier molecular flexibility index (Phi) is 13.2. The van der Waals surface area contributed by atoms with Crippen molar-refractivity contribution >= 4 is 28.6 Å². The maximum Gasteiger partial charge on any atom is 0.411 e. The highest BCUT2D eigenvalue weighted by molar-refractivity contribution is 5.91. The number of fused-ring (bicyclic) bond motifs is 1. The fourth-order valence-corrected chi connectivity index (χ4v) is 7.79. The van der Waals surface area contributed by atoms with Gasteiger partial charge in [0.05, 0.1) is 17.3 Å². The summed E-state index contributed by atoms with van der Waals surface area (Å²) in [5.74, 6) is 1.14. The third-order valence-electron chi connectivity index (χ3n) is 11.1. The van der Waals surface area contributed by atoms with Crippen LogP contribution in [-0.2, 0) is 16.1 Å². The number of ether oxygens (including phenoxy) is 2. The van der Waals surface area contributed by atoms with Crippen LogP contribution in [0.2, 0.25) is 0 Å². The molecule has 7 rings (SSSR count). The summed E-state index contributed by atoms with van der Waals surface area (Å²) in [6, 6.07) is 31.4. The zero-order valence-electron chi connectivity index (χ0n) is 32.1. The number of aromatic nitrogens is 1. The van der Waals surface area contributed by atoms with Gasteiger partial charge in [-0.2, -0.15) is 0 Å². The molecule has 298 valence electrons. The highest BCUT2D eigenvalue weighted by atomic mass is 16.6. The van der Waals surface area contributed by atoms with E-state index in [2.05, 4.69) is 20.5 Å². The summed E-state index contributed by atoms with van der Waals surface area (Å²) in [5.41, 5.74) is 4.31. The van der Waals surface area contributed by atoms with Crippen LogP contribution < -0.4 is 20.9 Å². The van der Waals surface area contributed by atoms with E-state index in [9.17, 15) is 24.6 Å². The highest BCUT2D eigenvalue weighted by Crippen LogP contribution is 2.30. The van der Waals surface area contributed by atoms with Crippen molar-refractivity contribution in [2.45, 2.75) is 50.9 Å². The van der Waals surface area contributed by atoms with Gasteiger partial charge in [0, 0.05) is 56.3 Å². The van der Waals surface area contributed by atoms with Gasteiger partial charge in [0.2, 0.25) is 5.56 Å². The summed E-state index contributed by atoms with van der Waals surface area (Å²) in [7, 11) is 0. The molecule has 2 aliphatic heterocycles. The molecule has 4 aromatic carbocycles. The molecule has 3 heterocycles. The number of pyridine rings is 1. The minimum Gasteiger partial charge on any atom is -0.506 e. The normalized spacial score (nSPS) is 16.0. The lowest BCUT2D eigenvalue weighted by Gasteiger charge is -2.35. The number of hydrogen-bond donors (Lipinski definition) is 5. The van der Waals surface area contributed by atoms with Crippen molar-refractivity contribution in [3.8, 4) is 22.6 Å². The number of nitrogens with one attached hydrogen (secondary N) is 3. The van der Waals surface area contributed by atoms with Crippen LogP contribution in [0.15, 0.2) is 108 Å². The molecular weight excluding hydrogens is 723 g/mol. The number of aromatic hydroxyl groups is 1. The van der Waals surface area contributed by atoms with Crippen LogP contribution in [-0.4, -0.2) is 89.0 Å². The third-order valence-corrected chi connectivity index (χ3v) is 11.1. The van der Waals surface area contributed by atoms with Crippen molar-refractivity contribution in [3.05, 3.63) is 125 Å². The molecule has 5 aromatic rings. The Bertz CT molecular complexity index is 2160. The second kappa shape index (κ2) is 19.0. The van der Waals surface area contributed by atoms with Crippen LogP contribution in [0.4, 0.5) is 10.5 Å². The summed E-state index contributed by atoms with van der Waals surface area (Å²) in [5, 5.41) is 27.7. The van der Waals surface area contributed by atoms with E-state index in [1.807, 2.05) is 83.8 Å². The number of likely N-dealkylation sites (tertiary alicyclic amines) is 2. The van der Waals surface area contributed by atoms with Gasteiger partial charge in [0.1, 0.15) is 17.6 Å². The van der Waals surface area contributed by atoms with Crippen LogP contribution in [0.1, 0.15) is 49.3 Å². The number of rotatable bonds is 14. The lowest BCUT2D eigenvalue weighted by Crippen LogP contribution is -2.42. The largest absolute Gasteiger partial charge is 0.506 e. The molecule has 1 atom stereocenters. The summed E-state index contributed by atoms with van der Waals surface area (Å²) in [4.78, 5) is 44.4. The molecule has 12 nitrogen and oxygen atoms in total. The zero-order chi connectivity index (χ0) is 39.6. The van der Waals surface area contributed by atoms with Crippen molar-refractivity contribution in [1.82, 2.24) is 20.1 Å². The van der Waals surface area contributed by atoms with Crippen molar-refractivity contribution in [2.24, 2.45) is 5.92 Å². The Morgan fingerprint density at radius 1 is 0.842 bits per heavy atom. The summed E-state index contributed by atoms with van der Waals surface area (Å²) >= 11 is 0. The highest BCUT2D eigenvalue weighted by Gasteiger charge is 2.26. The molecule has 0 spiro atoms. The van der Waals surface area contributed by atoms with Gasteiger partial charge in [-0.15, -0.1) is 0 Å². The minimum absolute atomic E-state index is 0.00508. The molecule has 2 saturated heterocycles. The number of H-pyrrole nitrogens is 1. The number of phenolic OH excluding ortho intramolecular Hbond substituents is 1. The number of piperidine rings is 2. The molecule has 0 aliphatic carbocycles. The fourth-order valence-electron chi connectivity index (χ4n) is 7.79. The van der Waals surface area contributed by atoms with Gasteiger partial charge in [-0.25, -0.2) is 4.79 Å². The lowest BCUT2D eigenvalue weighted by atomic mass is 9.93. The summed E-state index contributed by atoms with van der Waals surface area (Å²) in [6.45, 7) is 5.05. The number of phenols is 1. The molecule has 0 bridgehead atoms. The Morgan fingerprint density at radius 2 is 1.58 bits per heavy atom. The number of para-hydroxylation sites is 1. The Labute approximate surface area is 332 Å². The molecule has 1 aromatic heterocycles. The van der Waals surface area contributed by atoms with Crippen LogP contribution in [0.3, 0.4) is 0 Å². The molecule has 0 radical (unpaired) electrons. The molecular formula is C45H51N5O7. The molecule has 0 saturated carbocycles. The summed E-state index contributed by atoms with van der Waals surface area (Å²) in [6.07, 6.45) is 3.33.